The summed E-state index contributed by atoms with van der Waals surface area (Å²) in [6.45, 7) is 5.20. The van der Waals surface area contributed by atoms with E-state index in [0.717, 1.165) is 56.0 Å². The third kappa shape index (κ3) is 3.69. The molecule has 3 aliphatic heterocycles. The van der Waals surface area contributed by atoms with Crippen LogP contribution in [0.3, 0.4) is 0 Å². The van der Waals surface area contributed by atoms with E-state index in [2.05, 4.69) is 20.9 Å². The minimum atomic E-state index is -0.755. The summed E-state index contributed by atoms with van der Waals surface area (Å²) < 4.78 is 15.5. The van der Waals surface area contributed by atoms with E-state index in [1.807, 2.05) is 22.8 Å². The van der Waals surface area contributed by atoms with Crippen molar-refractivity contribution in [2.45, 2.75) is 44.6 Å². The summed E-state index contributed by atoms with van der Waals surface area (Å²) in [5.41, 5.74) is 9.15. The van der Waals surface area contributed by atoms with E-state index in [1.54, 1.807) is 6.20 Å². The van der Waals surface area contributed by atoms with Gasteiger partial charge in [-0.1, -0.05) is 12.1 Å². The molecule has 2 aromatic heterocycles. The molecule has 29 heavy (non-hydrogen) atoms. The standard InChI is InChI=1S/C22H28FN5O/c23-19-5-7-26(14-19)12-17-3-4-20-18-8-15(10-28(20)22(17)29)9-27(13-18)11-16-2-1-6-25-21(16)24/h1-4,6,15,18-19H,5,7-14H2,(H2,24,25)/t15-,18+,19+/m0/s1. The maximum Gasteiger partial charge on any atom is 0.255 e. The maximum absolute atomic E-state index is 13.5. The second kappa shape index (κ2) is 7.54. The van der Waals surface area contributed by atoms with Gasteiger partial charge in [0.15, 0.2) is 0 Å². The van der Waals surface area contributed by atoms with Crippen LogP contribution < -0.4 is 11.3 Å². The number of hydrogen-bond donors (Lipinski definition) is 1. The molecule has 2 saturated heterocycles. The zero-order chi connectivity index (χ0) is 20.0. The number of pyridine rings is 2. The molecule has 3 aliphatic rings. The number of halogens is 1. The Kier molecular flexibility index (Phi) is 4.87. The molecule has 0 aliphatic carbocycles. The fraction of sp³-hybridized carbons (Fsp3) is 0.545. The molecule has 2 fully saturated rings. The van der Waals surface area contributed by atoms with Crippen molar-refractivity contribution in [3.8, 4) is 0 Å². The fourth-order valence-corrected chi connectivity index (χ4v) is 5.33. The second-order valence-electron chi connectivity index (χ2n) is 8.86. The number of fused-ring (bicyclic) bond motifs is 4. The van der Waals surface area contributed by atoms with Crippen LogP contribution in [0.2, 0.25) is 0 Å². The number of nitrogens with two attached hydrogens (primary N) is 1. The zero-order valence-corrected chi connectivity index (χ0v) is 16.6. The molecule has 5 heterocycles. The van der Waals surface area contributed by atoms with Crippen molar-refractivity contribution in [3.05, 3.63) is 57.6 Å². The molecule has 7 heteroatoms. The molecule has 0 spiro atoms. The van der Waals surface area contributed by atoms with Gasteiger partial charge >= 0.3 is 0 Å². The summed E-state index contributed by atoms with van der Waals surface area (Å²) in [5.74, 6) is 1.43. The molecular weight excluding hydrogens is 369 g/mol. The maximum atomic E-state index is 13.5. The largest absolute Gasteiger partial charge is 0.383 e. The Bertz CT molecular complexity index is 960. The molecule has 0 radical (unpaired) electrons. The van der Waals surface area contributed by atoms with Crippen molar-refractivity contribution in [2.75, 3.05) is 31.9 Å². The van der Waals surface area contributed by atoms with Crippen LogP contribution in [0.25, 0.3) is 0 Å². The Morgan fingerprint density at radius 3 is 2.72 bits per heavy atom. The van der Waals surface area contributed by atoms with Gasteiger partial charge in [-0.25, -0.2) is 9.37 Å². The zero-order valence-electron chi connectivity index (χ0n) is 16.6. The average Bonchev–Trinajstić information content (AvgIpc) is 3.11. The highest BCUT2D eigenvalue weighted by molar-refractivity contribution is 5.38. The molecule has 0 saturated carbocycles. The number of alkyl halides is 1. The molecule has 3 atom stereocenters. The number of hydrogen-bond acceptors (Lipinski definition) is 5. The van der Waals surface area contributed by atoms with Crippen LogP contribution in [0.1, 0.15) is 35.6 Å². The number of rotatable bonds is 4. The summed E-state index contributed by atoms with van der Waals surface area (Å²) in [6.07, 6.45) is 2.68. The van der Waals surface area contributed by atoms with Crippen molar-refractivity contribution in [2.24, 2.45) is 5.92 Å². The van der Waals surface area contributed by atoms with Crippen molar-refractivity contribution in [1.82, 2.24) is 19.4 Å². The molecule has 0 amide bonds. The lowest BCUT2D eigenvalue weighted by Gasteiger charge is -2.43. The SMILES string of the molecule is Nc1ncccc1CN1C[C@@H]2C[C@H](C1)c1ccc(CN3CC[C@@H](F)C3)c(=O)n1C2. The molecule has 2 bridgehead atoms. The van der Waals surface area contributed by atoms with E-state index in [1.165, 1.54) is 0 Å². The third-order valence-corrected chi connectivity index (χ3v) is 6.69. The molecule has 0 unspecified atom stereocenters. The molecule has 2 N–H and O–H groups in total. The van der Waals surface area contributed by atoms with E-state index in [4.69, 9.17) is 5.73 Å². The number of anilines is 1. The van der Waals surface area contributed by atoms with Crippen LogP contribution in [-0.4, -0.2) is 51.7 Å². The van der Waals surface area contributed by atoms with Crippen LogP contribution in [0.5, 0.6) is 0 Å². The van der Waals surface area contributed by atoms with E-state index in [9.17, 15) is 9.18 Å². The molecule has 6 nitrogen and oxygen atoms in total. The predicted octanol–water partition coefficient (Wildman–Crippen LogP) is 1.99. The molecule has 2 aromatic rings. The first kappa shape index (κ1) is 18.8. The number of piperidine rings is 1. The fourth-order valence-electron chi connectivity index (χ4n) is 5.33. The van der Waals surface area contributed by atoms with Crippen LogP contribution in [0, 0.1) is 5.92 Å². The van der Waals surface area contributed by atoms with Crippen molar-refractivity contribution < 1.29 is 4.39 Å². The Hall–Kier alpha value is -2.25. The summed E-state index contributed by atoms with van der Waals surface area (Å²) in [5, 5.41) is 0. The van der Waals surface area contributed by atoms with Crippen molar-refractivity contribution >= 4 is 5.82 Å². The molecular formula is C22H28FN5O. The van der Waals surface area contributed by atoms with Gasteiger partial charge in [0.1, 0.15) is 12.0 Å². The number of likely N-dealkylation sites (tertiary alicyclic amines) is 2. The number of nitrogens with zero attached hydrogens (tertiary/aromatic N) is 4. The highest BCUT2D eigenvalue weighted by Crippen LogP contribution is 2.36. The predicted molar refractivity (Wildman–Crippen MR) is 110 cm³/mol. The van der Waals surface area contributed by atoms with Gasteiger partial charge in [0.05, 0.1) is 0 Å². The van der Waals surface area contributed by atoms with Crippen LogP contribution in [-0.2, 0) is 19.6 Å². The van der Waals surface area contributed by atoms with Gasteiger partial charge in [0.25, 0.3) is 5.56 Å². The van der Waals surface area contributed by atoms with Gasteiger partial charge in [0.2, 0.25) is 0 Å². The van der Waals surface area contributed by atoms with Crippen LogP contribution in [0.15, 0.2) is 35.3 Å². The summed E-state index contributed by atoms with van der Waals surface area (Å²) in [6, 6.07) is 8.07. The molecule has 5 rings (SSSR count). The van der Waals surface area contributed by atoms with Gasteiger partial charge in [-0.3, -0.25) is 14.6 Å². The van der Waals surface area contributed by atoms with Crippen LogP contribution in [0.4, 0.5) is 10.2 Å². The highest BCUT2D eigenvalue weighted by Gasteiger charge is 2.35. The third-order valence-electron chi connectivity index (χ3n) is 6.69. The van der Waals surface area contributed by atoms with Gasteiger partial charge in [-0.15, -0.1) is 0 Å². The summed E-state index contributed by atoms with van der Waals surface area (Å²) in [7, 11) is 0. The normalized spacial score (nSPS) is 27.1. The van der Waals surface area contributed by atoms with Crippen molar-refractivity contribution in [3.63, 3.8) is 0 Å². The first-order chi connectivity index (χ1) is 14.1. The van der Waals surface area contributed by atoms with Gasteiger partial charge in [0, 0.05) is 74.7 Å². The van der Waals surface area contributed by atoms with Gasteiger partial charge < -0.3 is 10.3 Å². The van der Waals surface area contributed by atoms with E-state index in [-0.39, 0.29) is 5.56 Å². The van der Waals surface area contributed by atoms with Crippen LogP contribution >= 0.6 is 0 Å². The van der Waals surface area contributed by atoms with E-state index >= 15 is 0 Å². The Balaban J connectivity index is 1.34. The first-order valence-electron chi connectivity index (χ1n) is 10.6. The molecule has 154 valence electrons. The van der Waals surface area contributed by atoms with Gasteiger partial charge in [-0.05, 0) is 30.9 Å². The summed E-state index contributed by atoms with van der Waals surface area (Å²) in [4.78, 5) is 21.8. The lowest BCUT2D eigenvalue weighted by atomic mass is 9.83. The quantitative estimate of drug-likeness (QED) is 0.855. The minimum absolute atomic E-state index is 0.115. The van der Waals surface area contributed by atoms with Crippen molar-refractivity contribution in [1.29, 1.82) is 0 Å². The lowest BCUT2D eigenvalue weighted by molar-refractivity contribution is 0.114. The monoisotopic (exact) mass is 397 g/mol. The average molecular weight is 397 g/mol. The first-order valence-corrected chi connectivity index (χ1v) is 10.6. The van der Waals surface area contributed by atoms with Gasteiger partial charge in [-0.2, -0.15) is 0 Å². The Morgan fingerprint density at radius 2 is 1.93 bits per heavy atom. The topological polar surface area (TPSA) is 67.4 Å². The Morgan fingerprint density at radius 1 is 1.07 bits per heavy atom. The lowest BCUT2D eigenvalue weighted by Crippen LogP contribution is -2.47. The number of aromatic nitrogens is 2. The summed E-state index contributed by atoms with van der Waals surface area (Å²) >= 11 is 0. The smallest absolute Gasteiger partial charge is 0.255 e. The minimum Gasteiger partial charge on any atom is -0.383 e. The second-order valence-corrected chi connectivity index (χ2v) is 8.86. The van der Waals surface area contributed by atoms with E-state index < -0.39 is 6.17 Å². The highest BCUT2D eigenvalue weighted by atomic mass is 19.1. The Labute approximate surface area is 170 Å². The van der Waals surface area contributed by atoms with E-state index in [0.29, 0.717) is 37.2 Å². The number of nitrogen functional groups attached to an aromatic ring is 1. The molecule has 0 aromatic carbocycles.